The lowest BCUT2D eigenvalue weighted by Gasteiger charge is -2.03. The van der Waals surface area contributed by atoms with Crippen molar-refractivity contribution in [2.45, 2.75) is 6.92 Å². The third-order valence-electron chi connectivity index (χ3n) is 1.27. The van der Waals surface area contributed by atoms with Crippen LogP contribution in [0.2, 0.25) is 0 Å². The lowest BCUT2D eigenvalue weighted by atomic mass is 10.3. The average molecular weight is 169 g/mol. The molecule has 0 spiro atoms. The first-order valence-electron chi connectivity index (χ1n) is 3.35. The molecular weight excluding hydrogens is 161 g/mol. The van der Waals surface area contributed by atoms with Gasteiger partial charge in [-0.25, -0.2) is 4.39 Å². The van der Waals surface area contributed by atoms with Gasteiger partial charge >= 0.3 is 0 Å². The van der Waals surface area contributed by atoms with Crippen molar-refractivity contribution in [2.75, 3.05) is 5.32 Å². The van der Waals surface area contributed by atoms with Crippen molar-refractivity contribution >= 4 is 11.6 Å². The zero-order valence-corrected chi connectivity index (χ0v) is 6.47. The van der Waals surface area contributed by atoms with Crippen LogP contribution in [-0.2, 0) is 4.79 Å². The van der Waals surface area contributed by atoms with Gasteiger partial charge in [0.1, 0.15) is 11.6 Å². The van der Waals surface area contributed by atoms with E-state index in [1.165, 1.54) is 13.0 Å². The number of phenols is 1. The average Bonchev–Trinajstić information content (AvgIpc) is 1.96. The molecule has 0 unspecified atom stereocenters. The Kier molecular flexibility index (Phi) is 2.28. The monoisotopic (exact) mass is 169 g/mol. The van der Waals surface area contributed by atoms with E-state index in [-0.39, 0.29) is 17.3 Å². The molecule has 3 nitrogen and oxygen atoms in total. The van der Waals surface area contributed by atoms with Crippen molar-refractivity contribution < 1.29 is 14.3 Å². The molecule has 0 aliphatic carbocycles. The van der Waals surface area contributed by atoms with Crippen molar-refractivity contribution in [1.29, 1.82) is 0 Å². The standard InChI is InChI=1S/C8H8FNO2/c1-5(11)10-7-4-6(9)2-3-8(7)12/h2-4,12H,1H3,(H,10,11). The van der Waals surface area contributed by atoms with Gasteiger partial charge in [0.15, 0.2) is 0 Å². The number of hydrogen-bond donors (Lipinski definition) is 2. The Morgan fingerprint density at radius 3 is 2.83 bits per heavy atom. The Bertz CT molecular complexity index is 312. The number of benzene rings is 1. The van der Waals surface area contributed by atoms with Gasteiger partial charge in [0.25, 0.3) is 0 Å². The van der Waals surface area contributed by atoms with Crippen LogP contribution in [0.5, 0.6) is 5.75 Å². The molecule has 1 aromatic rings. The molecule has 0 saturated carbocycles. The van der Waals surface area contributed by atoms with Gasteiger partial charge in [-0.05, 0) is 12.1 Å². The smallest absolute Gasteiger partial charge is 0.221 e. The van der Waals surface area contributed by atoms with Crippen LogP contribution in [0.25, 0.3) is 0 Å². The highest BCUT2D eigenvalue weighted by atomic mass is 19.1. The van der Waals surface area contributed by atoms with E-state index in [0.717, 1.165) is 12.1 Å². The van der Waals surface area contributed by atoms with Crippen molar-refractivity contribution in [2.24, 2.45) is 0 Å². The van der Waals surface area contributed by atoms with Gasteiger partial charge in [0.05, 0.1) is 5.69 Å². The van der Waals surface area contributed by atoms with Gasteiger partial charge in [-0.2, -0.15) is 0 Å². The van der Waals surface area contributed by atoms with Gasteiger partial charge < -0.3 is 10.4 Å². The molecule has 0 atom stereocenters. The van der Waals surface area contributed by atoms with E-state index < -0.39 is 5.82 Å². The fraction of sp³-hybridized carbons (Fsp3) is 0.125. The number of carbonyl (C=O) groups is 1. The zero-order chi connectivity index (χ0) is 9.14. The Hall–Kier alpha value is -1.58. The lowest BCUT2D eigenvalue weighted by molar-refractivity contribution is -0.114. The minimum absolute atomic E-state index is 0.0856. The summed E-state index contributed by atoms with van der Waals surface area (Å²) in [4.78, 5) is 10.5. The minimum Gasteiger partial charge on any atom is -0.506 e. The second-order valence-electron chi connectivity index (χ2n) is 2.34. The molecular formula is C8H8FNO2. The molecule has 0 saturated heterocycles. The van der Waals surface area contributed by atoms with E-state index in [1.54, 1.807) is 0 Å². The number of hydrogen-bond acceptors (Lipinski definition) is 2. The number of aromatic hydroxyl groups is 1. The first-order valence-corrected chi connectivity index (χ1v) is 3.35. The Morgan fingerprint density at radius 2 is 2.25 bits per heavy atom. The van der Waals surface area contributed by atoms with Crippen molar-refractivity contribution in [3.8, 4) is 5.75 Å². The highest BCUT2D eigenvalue weighted by Crippen LogP contribution is 2.22. The molecule has 0 aliphatic rings. The maximum absolute atomic E-state index is 12.5. The molecule has 0 heterocycles. The van der Waals surface area contributed by atoms with Crippen LogP contribution in [0.1, 0.15) is 6.92 Å². The van der Waals surface area contributed by atoms with E-state index in [2.05, 4.69) is 5.32 Å². The second-order valence-corrected chi connectivity index (χ2v) is 2.34. The fourth-order valence-electron chi connectivity index (χ4n) is 0.798. The van der Waals surface area contributed by atoms with Gasteiger partial charge in [0.2, 0.25) is 5.91 Å². The van der Waals surface area contributed by atoms with Crippen molar-refractivity contribution in [3.63, 3.8) is 0 Å². The summed E-state index contributed by atoms with van der Waals surface area (Å²) in [5.74, 6) is -1.00. The van der Waals surface area contributed by atoms with Crippen molar-refractivity contribution in [3.05, 3.63) is 24.0 Å². The van der Waals surface area contributed by atoms with Crippen LogP contribution >= 0.6 is 0 Å². The number of rotatable bonds is 1. The number of nitrogens with one attached hydrogen (secondary N) is 1. The lowest BCUT2D eigenvalue weighted by Crippen LogP contribution is -2.05. The predicted octanol–water partition coefficient (Wildman–Crippen LogP) is 1.49. The first kappa shape index (κ1) is 8.52. The second kappa shape index (κ2) is 3.21. The summed E-state index contributed by atoms with van der Waals surface area (Å²) in [6.07, 6.45) is 0. The summed E-state index contributed by atoms with van der Waals surface area (Å²) < 4.78 is 12.5. The maximum atomic E-state index is 12.5. The van der Waals surface area contributed by atoms with Crippen LogP contribution in [-0.4, -0.2) is 11.0 Å². The number of amides is 1. The molecule has 64 valence electrons. The molecule has 0 bridgehead atoms. The molecule has 4 heteroatoms. The molecule has 0 fully saturated rings. The van der Waals surface area contributed by atoms with Crippen LogP contribution in [0.3, 0.4) is 0 Å². The number of phenolic OH excluding ortho intramolecular Hbond substituents is 1. The summed E-state index contributed by atoms with van der Waals surface area (Å²) in [6.45, 7) is 1.28. The third-order valence-corrected chi connectivity index (χ3v) is 1.27. The Morgan fingerprint density at radius 1 is 1.58 bits per heavy atom. The number of anilines is 1. The summed E-state index contributed by atoms with van der Waals surface area (Å²) in [7, 11) is 0. The zero-order valence-electron chi connectivity index (χ0n) is 6.47. The number of halogens is 1. The topological polar surface area (TPSA) is 49.3 Å². The summed E-state index contributed by atoms with van der Waals surface area (Å²) >= 11 is 0. The van der Waals surface area contributed by atoms with E-state index in [0.29, 0.717) is 0 Å². The summed E-state index contributed by atoms with van der Waals surface area (Å²) in [5, 5.41) is 11.4. The van der Waals surface area contributed by atoms with Gasteiger partial charge in [-0.15, -0.1) is 0 Å². The van der Waals surface area contributed by atoms with Gasteiger partial charge in [-0.3, -0.25) is 4.79 Å². The van der Waals surface area contributed by atoms with Crippen LogP contribution in [0.4, 0.5) is 10.1 Å². The molecule has 0 aromatic heterocycles. The summed E-state index contributed by atoms with van der Waals surface area (Å²) in [5.41, 5.74) is 0.0856. The Balaban J connectivity index is 2.97. The highest BCUT2D eigenvalue weighted by molar-refractivity contribution is 5.90. The molecule has 0 radical (unpaired) electrons. The van der Waals surface area contributed by atoms with Gasteiger partial charge in [0, 0.05) is 13.0 Å². The molecule has 1 aromatic carbocycles. The summed E-state index contributed by atoms with van der Waals surface area (Å²) in [6, 6.07) is 3.35. The highest BCUT2D eigenvalue weighted by Gasteiger charge is 2.03. The van der Waals surface area contributed by atoms with Crippen molar-refractivity contribution in [1.82, 2.24) is 0 Å². The quantitative estimate of drug-likeness (QED) is 0.626. The Labute approximate surface area is 68.8 Å². The third kappa shape index (κ3) is 1.95. The van der Waals surface area contributed by atoms with Crippen LogP contribution in [0, 0.1) is 5.82 Å². The SMILES string of the molecule is CC(=O)Nc1cc(F)ccc1O. The predicted molar refractivity (Wildman–Crippen MR) is 42.4 cm³/mol. The van der Waals surface area contributed by atoms with Crippen LogP contribution in [0.15, 0.2) is 18.2 Å². The normalized spacial score (nSPS) is 9.50. The van der Waals surface area contributed by atoms with E-state index in [4.69, 9.17) is 5.11 Å². The molecule has 2 N–H and O–H groups in total. The van der Waals surface area contributed by atoms with Crippen LogP contribution < -0.4 is 5.32 Å². The largest absolute Gasteiger partial charge is 0.506 e. The fourth-order valence-corrected chi connectivity index (χ4v) is 0.798. The van der Waals surface area contributed by atoms with E-state index >= 15 is 0 Å². The first-order chi connectivity index (χ1) is 5.59. The maximum Gasteiger partial charge on any atom is 0.221 e. The molecule has 12 heavy (non-hydrogen) atoms. The van der Waals surface area contributed by atoms with E-state index in [1.807, 2.05) is 0 Å². The molecule has 1 rings (SSSR count). The van der Waals surface area contributed by atoms with E-state index in [9.17, 15) is 9.18 Å². The molecule has 1 amide bonds. The molecule has 0 aliphatic heterocycles. The van der Waals surface area contributed by atoms with Gasteiger partial charge in [-0.1, -0.05) is 0 Å². The number of carbonyl (C=O) groups excluding carboxylic acids is 1. The minimum atomic E-state index is -0.503.